The van der Waals surface area contributed by atoms with Crippen LogP contribution in [0.1, 0.15) is 13.8 Å². The molecule has 1 unspecified atom stereocenters. The number of aromatic nitrogens is 2. The minimum absolute atomic E-state index is 0.124. The summed E-state index contributed by atoms with van der Waals surface area (Å²) in [5.41, 5.74) is -0.348. The lowest BCUT2D eigenvalue weighted by Gasteiger charge is -2.16. The molecule has 1 aromatic heterocycles. The van der Waals surface area contributed by atoms with Crippen molar-refractivity contribution in [3.05, 3.63) is 16.7 Å². The first-order chi connectivity index (χ1) is 7.56. The van der Waals surface area contributed by atoms with Crippen LogP contribution in [0.4, 0.5) is 5.82 Å². The van der Waals surface area contributed by atoms with Crippen molar-refractivity contribution >= 4 is 5.82 Å². The minimum Gasteiger partial charge on any atom is -0.489 e. The van der Waals surface area contributed by atoms with E-state index in [9.17, 15) is 9.90 Å². The maximum Gasteiger partial charge on any atom is 0.295 e. The average Bonchev–Trinajstić information content (AvgIpc) is 2.25. The van der Waals surface area contributed by atoms with Crippen LogP contribution in [0.3, 0.4) is 0 Å². The van der Waals surface area contributed by atoms with E-state index in [0.717, 1.165) is 0 Å². The molecule has 0 saturated heterocycles. The van der Waals surface area contributed by atoms with Gasteiger partial charge in [0, 0.05) is 6.54 Å². The number of aliphatic hydroxyl groups excluding tert-OH is 1. The van der Waals surface area contributed by atoms with Crippen molar-refractivity contribution in [3.8, 4) is 5.75 Å². The van der Waals surface area contributed by atoms with Crippen molar-refractivity contribution < 1.29 is 9.84 Å². The van der Waals surface area contributed by atoms with E-state index < -0.39 is 6.10 Å². The number of rotatable bonds is 5. The lowest BCUT2D eigenvalue weighted by molar-refractivity contribution is 0.137. The van der Waals surface area contributed by atoms with Crippen molar-refractivity contribution in [2.45, 2.75) is 20.0 Å². The summed E-state index contributed by atoms with van der Waals surface area (Å²) in [5, 5.41) is 12.5. The fourth-order valence-electron chi connectivity index (χ4n) is 1.14. The van der Waals surface area contributed by atoms with Gasteiger partial charge in [0.05, 0.1) is 19.5 Å². The van der Waals surface area contributed by atoms with Gasteiger partial charge in [0.25, 0.3) is 5.56 Å². The van der Waals surface area contributed by atoms with E-state index in [1.165, 1.54) is 13.4 Å². The summed E-state index contributed by atoms with van der Waals surface area (Å²) in [6.45, 7) is 4.15. The van der Waals surface area contributed by atoms with E-state index in [1.807, 2.05) is 13.8 Å². The van der Waals surface area contributed by atoms with Gasteiger partial charge in [-0.1, -0.05) is 13.8 Å². The number of nitrogens with zero attached hydrogens (tertiary/aromatic N) is 1. The van der Waals surface area contributed by atoms with E-state index in [1.54, 1.807) is 0 Å². The number of anilines is 1. The minimum atomic E-state index is -0.495. The van der Waals surface area contributed by atoms with Gasteiger partial charge in [-0.2, -0.15) is 0 Å². The van der Waals surface area contributed by atoms with Gasteiger partial charge in [-0.05, 0) is 5.92 Å². The molecular weight excluding hydrogens is 210 g/mol. The smallest absolute Gasteiger partial charge is 0.295 e. The maximum atomic E-state index is 11.3. The molecular formula is C10H17N3O3. The molecule has 6 nitrogen and oxygen atoms in total. The van der Waals surface area contributed by atoms with Crippen LogP contribution >= 0.6 is 0 Å². The normalized spacial score (nSPS) is 12.6. The maximum absolute atomic E-state index is 11.3. The first-order valence-corrected chi connectivity index (χ1v) is 5.10. The molecule has 0 aromatic carbocycles. The number of nitrogens with one attached hydrogen (secondary N) is 2. The summed E-state index contributed by atoms with van der Waals surface area (Å²) in [4.78, 5) is 17.7. The molecule has 3 N–H and O–H groups in total. The van der Waals surface area contributed by atoms with E-state index in [-0.39, 0.29) is 17.2 Å². The van der Waals surface area contributed by atoms with E-state index >= 15 is 0 Å². The van der Waals surface area contributed by atoms with Crippen LogP contribution in [-0.2, 0) is 0 Å². The molecule has 6 heteroatoms. The molecule has 1 rings (SSSR count). The second-order valence-electron chi connectivity index (χ2n) is 3.81. The van der Waals surface area contributed by atoms with Gasteiger partial charge in [0.1, 0.15) is 0 Å². The highest BCUT2D eigenvalue weighted by atomic mass is 16.5. The molecule has 0 aliphatic heterocycles. The number of hydrogen-bond acceptors (Lipinski definition) is 5. The molecule has 1 atom stereocenters. The van der Waals surface area contributed by atoms with Crippen molar-refractivity contribution in [1.29, 1.82) is 0 Å². The molecule has 0 amide bonds. The van der Waals surface area contributed by atoms with Gasteiger partial charge in [0.15, 0.2) is 5.82 Å². The second-order valence-corrected chi connectivity index (χ2v) is 3.81. The zero-order valence-corrected chi connectivity index (χ0v) is 9.65. The quantitative estimate of drug-likeness (QED) is 0.669. The molecule has 0 aliphatic carbocycles. The molecule has 0 spiro atoms. The zero-order valence-electron chi connectivity index (χ0n) is 9.65. The van der Waals surface area contributed by atoms with Crippen LogP contribution in [0.25, 0.3) is 0 Å². The Kier molecular flexibility index (Phi) is 4.30. The lowest BCUT2D eigenvalue weighted by atomic mass is 10.1. The molecule has 0 saturated carbocycles. The molecule has 0 bridgehead atoms. The number of aromatic amines is 1. The predicted molar refractivity (Wildman–Crippen MR) is 60.7 cm³/mol. The largest absolute Gasteiger partial charge is 0.489 e. The number of H-pyrrole nitrogens is 1. The monoisotopic (exact) mass is 227 g/mol. The van der Waals surface area contributed by atoms with Crippen molar-refractivity contribution in [2.75, 3.05) is 19.0 Å². The van der Waals surface area contributed by atoms with Crippen molar-refractivity contribution in [3.63, 3.8) is 0 Å². The molecule has 90 valence electrons. The molecule has 1 heterocycles. The van der Waals surface area contributed by atoms with Crippen LogP contribution in [0.2, 0.25) is 0 Å². The highest BCUT2D eigenvalue weighted by molar-refractivity contribution is 5.47. The third-order valence-electron chi connectivity index (χ3n) is 2.26. The summed E-state index contributed by atoms with van der Waals surface area (Å²) < 4.78 is 4.92. The number of aliphatic hydroxyl groups is 1. The number of methoxy groups -OCH3 is 1. The Balaban J connectivity index is 2.74. The SMILES string of the molecule is COc1c(NCC(O)C(C)C)nc[nH]c1=O. The van der Waals surface area contributed by atoms with Gasteiger partial charge in [-0.15, -0.1) is 0 Å². The first kappa shape index (κ1) is 12.5. The summed E-state index contributed by atoms with van der Waals surface area (Å²) in [5.74, 6) is 0.602. The topological polar surface area (TPSA) is 87.2 Å². The van der Waals surface area contributed by atoms with Crippen LogP contribution in [0.15, 0.2) is 11.1 Å². The third kappa shape index (κ3) is 2.96. The van der Waals surface area contributed by atoms with E-state index in [2.05, 4.69) is 15.3 Å². The second kappa shape index (κ2) is 5.50. The highest BCUT2D eigenvalue weighted by Gasteiger charge is 2.12. The average molecular weight is 227 g/mol. The standard InChI is InChI=1S/C10H17N3O3/c1-6(2)7(14)4-11-9-8(16-3)10(15)13-5-12-9/h5-7,14H,4H2,1-3H3,(H2,11,12,13,15). The van der Waals surface area contributed by atoms with Crippen LogP contribution in [0.5, 0.6) is 5.75 Å². The Morgan fingerprint density at radius 1 is 1.62 bits per heavy atom. The van der Waals surface area contributed by atoms with E-state index in [4.69, 9.17) is 4.74 Å². The summed E-state index contributed by atoms with van der Waals surface area (Å²) in [6.07, 6.45) is 0.792. The Morgan fingerprint density at radius 2 is 2.31 bits per heavy atom. The Hall–Kier alpha value is -1.56. The molecule has 0 aliphatic rings. The van der Waals surface area contributed by atoms with Gasteiger partial charge in [-0.3, -0.25) is 4.79 Å². The Morgan fingerprint density at radius 3 is 2.88 bits per heavy atom. The first-order valence-electron chi connectivity index (χ1n) is 5.10. The number of ether oxygens (including phenoxy) is 1. The Labute approximate surface area is 93.7 Å². The van der Waals surface area contributed by atoms with Gasteiger partial charge in [-0.25, -0.2) is 4.98 Å². The van der Waals surface area contributed by atoms with Crippen LogP contribution in [-0.4, -0.2) is 34.8 Å². The van der Waals surface area contributed by atoms with Gasteiger partial charge < -0.3 is 20.1 Å². The summed E-state index contributed by atoms with van der Waals surface area (Å²) in [6, 6.07) is 0. The highest BCUT2D eigenvalue weighted by Crippen LogP contribution is 2.14. The fourth-order valence-corrected chi connectivity index (χ4v) is 1.14. The number of hydrogen-bond donors (Lipinski definition) is 3. The van der Waals surface area contributed by atoms with Crippen LogP contribution in [0, 0.1) is 5.92 Å². The van der Waals surface area contributed by atoms with Gasteiger partial charge in [0.2, 0.25) is 5.75 Å². The zero-order chi connectivity index (χ0) is 12.1. The van der Waals surface area contributed by atoms with Crippen LogP contribution < -0.4 is 15.6 Å². The fraction of sp³-hybridized carbons (Fsp3) is 0.600. The van der Waals surface area contributed by atoms with Crippen molar-refractivity contribution in [2.24, 2.45) is 5.92 Å². The summed E-state index contributed by atoms with van der Waals surface area (Å²) >= 11 is 0. The van der Waals surface area contributed by atoms with Gasteiger partial charge >= 0.3 is 0 Å². The predicted octanol–water partition coefficient (Wildman–Crippen LogP) is 0.207. The third-order valence-corrected chi connectivity index (χ3v) is 2.26. The molecule has 0 radical (unpaired) electrons. The molecule has 0 fully saturated rings. The van der Waals surface area contributed by atoms with Crippen molar-refractivity contribution in [1.82, 2.24) is 9.97 Å². The molecule has 16 heavy (non-hydrogen) atoms. The Bertz CT molecular complexity index is 389. The summed E-state index contributed by atoms with van der Waals surface area (Å²) in [7, 11) is 1.40. The molecule has 1 aromatic rings. The van der Waals surface area contributed by atoms with E-state index in [0.29, 0.717) is 12.4 Å². The lowest BCUT2D eigenvalue weighted by Crippen LogP contribution is -2.26.